The SMILES string of the molecule is CCN(C(=O)c1cc2cccc(Br)c2o1)C(C)(C)C(=O)O. The van der Waals surface area contributed by atoms with Crippen LogP contribution in [-0.2, 0) is 4.79 Å². The molecule has 0 radical (unpaired) electrons. The standard InChI is InChI=1S/C15H16BrNO4/c1-4-17(15(2,3)14(19)20)13(18)11-8-9-6-5-7-10(16)12(9)21-11/h5-8H,4H2,1-3H3,(H,19,20). The summed E-state index contributed by atoms with van der Waals surface area (Å²) < 4.78 is 6.34. The Morgan fingerprint density at radius 3 is 2.57 bits per heavy atom. The number of likely N-dealkylation sites (N-methyl/N-ethyl adjacent to an activating group) is 1. The van der Waals surface area contributed by atoms with Gasteiger partial charge in [-0.2, -0.15) is 0 Å². The van der Waals surface area contributed by atoms with E-state index in [4.69, 9.17) is 4.42 Å². The Kier molecular flexibility index (Phi) is 4.09. The minimum atomic E-state index is -1.30. The molecule has 0 unspecified atom stereocenters. The van der Waals surface area contributed by atoms with Gasteiger partial charge in [0.2, 0.25) is 0 Å². The molecule has 0 aliphatic rings. The number of nitrogens with zero attached hydrogens (tertiary/aromatic N) is 1. The lowest BCUT2D eigenvalue weighted by atomic mass is 10.0. The third-order valence-electron chi connectivity index (χ3n) is 3.47. The number of carboxylic acids is 1. The second-order valence-electron chi connectivity index (χ2n) is 5.18. The number of aliphatic carboxylic acids is 1. The van der Waals surface area contributed by atoms with Crippen LogP contribution in [0.5, 0.6) is 0 Å². The first-order valence-electron chi connectivity index (χ1n) is 6.52. The molecule has 0 atom stereocenters. The molecule has 0 spiro atoms. The fourth-order valence-corrected chi connectivity index (χ4v) is 2.64. The van der Waals surface area contributed by atoms with Gasteiger partial charge >= 0.3 is 5.97 Å². The van der Waals surface area contributed by atoms with Crippen LogP contribution in [0.4, 0.5) is 0 Å². The number of furan rings is 1. The van der Waals surface area contributed by atoms with Crippen LogP contribution < -0.4 is 0 Å². The van der Waals surface area contributed by atoms with Crippen molar-refractivity contribution in [3.63, 3.8) is 0 Å². The summed E-state index contributed by atoms with van der Waals surface area (Å²) in [6.45, 7) is 5.00. The van der Waals surface area contributed by atoms with E-state index in [2.05, 4.69) is 15.9 Å². The van der Waals surface area contributed by atoms with E-state index < -0.39 is 17.4 Å². The lowest BCUT2D eigenvalue weighted by Gasteiger charge is -2.33. The average Bonchev–Trinajstić information content (AvgIpc) is 2.84. The van der Waals surface area contributed by atoms with Gasteiger partial charge < -0.3 is 14.4 Å². The van der Waals surface area contributed by atoms with Crippen molar-refractivity contribution in [2.24, 2.45) is 0 Å². The maximum atomic E-state index is 12.6. The number of carbonyl (C=O) groups is 2. The molecule has 5 nitrogen and oxygen atoms in total. The van der Waals surface area contributed by atoms with E-state index in [-0.39, 0.29) is 12.3 Å². The van der Waals surface area contributed by atoms with E-state index in [1.54, 1.807) is 13.0 Å². The normalized spacial score (nSPS) is 11.6. The third kappa shape index (κ3) is 2.68. The van der Waals surface area contributed by atoms with E-state index in [9.17, 15) is 14.7 Å². The van der Waals surface area contributed by atoms with Crippen molar-refractivity contribution < 1.29 is 19.1 Å². The molecule has 1 aromatic heterocycles. The van der Waals surface area contributed by atoms with E-state index in [1.165, 1.54) is 18.7 Å². The summed E-state index contributed by atoms with van der Waals surface area (Å²) in [5.74, 6) is -1.36. The summed E-state index contributed by atoms with van der Waals surface area (Å²) in [4.78, 5) is 25.2. The molecule has 0 fully saturated rings. The van der Waals surface area contributed by atoms with Gasteiger partial charge in [0, 0.05) is 11.9 Å². The molecule has 6 heteroatoms. The zero-order valence-corrected chi connectivity index (χ0v) is 13.6. The summed E-state index contributed by atoms with van der Waals surface area (Å²) in [5, 5.41) is 10.1. The molecule has 0 aliphatic heterocycles. The van der Waals surface area contributed by atoms with Crippen LogP contribution in [0.15, 0.2) is 33.2 Å². The summed E-state index contributed by atoms with van der Waals surface area (Å²) in [7, 11) is 0. The van der Waals surface area contributed by atoms with Gasteiger partial charge in [-0.3, -0.25) is 4.79 Å². The van der Waals surface area contributed by atoms with Crippen LogP contribution >= 0.6 is 15.9 Å². The average molecular weight is 354 g/mol. The van der Waals surface area contributed by atoms with Gasteiger partial charge in [0.1, 0.15) is 11.1 Å². The number of carbonyl (C=O) groups excluding carboxylic acids is 1. The largest absolute Gasteiger partial charge is 0.480 e. The molecular formula is C15H16BrNO4. The predicted octanol–water partition coefficient (Wildman–Crippen LogP) is 3.52. The predicted molar refractivity (Wildman–Crippen MR) is 82.3 cm³/mol. The maximum Gasteiger partial charge on any atom is 0.329 e. The molecular weight excluding hydrogens is 338 g/mol. The van der Waals surface area contributed by atoms with Crippen molar-refractivity contribution >= 4 is 38.8 Å². The van der Waals surface area contributed by atoms with Crippen LogP contribution in [0.1, 0.15) is 31.3 Å². The lowest BCUT2D eigenvalue weighted by molar-refractivity contribution is -0.147. The number of halogens is 1. The van der Waals surface area contributed by atoms with Crippen LogP contribution in [0, 0.1) is 0 Å². The van der Waals surface area contributed by atoms with Crippen LogP contribution in [-0.4, -0.2) is 34.0 Å². The molecule has 2 rings (SSSR count). The molecule has 1 heterocycles. The quantitative estimate of drug-likeness (QED) is 0.912. The molecule has 0 saturated carbocycles. The molecule has 21 heavy (non-hydrogen) atoms. The highest BCUT2D eigenvalue weighted by atomic mass is 79.9. The molecule has 2 aromatic rings. The van der Waals surface area contributed by atoms with Crippen molar-refractivity contribution in [3.05, 3.63) is 34.5 Å². The number of fused-ring (bicyclic) bond motifs is 1. The number of benzene rings is 1. The number of hydrogen-bond acceptors (Lipinski definition) is 3. The van der Waals surface area contributed by atoms with Crippen molar-refractivity contribution in [2.45, 2.75) is 26.3 Å². The van der Waals surface area contributed by atoms with Gasteiger partial charge in [-0.05, 0) is 48.8 Å². The Bertz CT molecular complexity index is 705. The van der Waals surface area contributed by atoms with E-state index in [0.29, 0.717) is 5.58 Å². The zero-order chi connectivity index (χ0) is 15.8. The van der Waals surface area contributed by atoms with Crippen molar-refractivity contribution in [3.8, 4) is 0 Å². The molecule has 0 bridgehead atoms. The van der Waals surface area contributed by atoms with Gasteiger partial charge in [0.25, 0.3) is 5.91 Å². The summed E-state index contributed by atoms with van der Waals surface area (Å²) in [6, 6.07) is 7.12. The lowest BCUT2D eigenvalue weighted by Crippen LogP contribution is -2.52. The molecule has 1 aromatic carbocycles. The van der Waals surface area contributed by atoms with Crippen molar-refractivity contribution in [1.82, 2.24) is 4.90 Å². The first-order valence-corrected chi connectivity index (χ1v) is 7.31. The molecule has 0 aliphatic carbocycles. The van der Waals surface area contributed by atoms with Gasteiger partial charge in [0.05, 0.1) is 4.47 Å². The monoisotopic (exact) mass is 353 g/mol. The number of hydrogen-bond donors (Lipinski definition) is 1. The van der Waals surface area contributed by atoms with Gasteiger partial charge in [-0.25, -0.2) is 4.79 Å². The number of para-hydroxylation sites is 1. The first kappa shape index (κ1) is 15.6. The second-order valence-corrected chi connectivity index (χ2v) is 6.04. The third-order valence-corrected chi connectivity index (χ3v) is 4.09. The second kappa shape index (κ2) is 5.52. The topological polar surface area (TPSA) is 70.8 Å². The van der Waals surface area contributed by atoms with Gasteiger partial charge in [0.15, 0.2) is 5.76 Å². The highest BCUT2D eigenvalue weighted by Gasteiger charge is 2.38. The summed E-state index contributed by atoms with van der Waals surface area (Å²) in [6.07, 6.45) is 0. The van der Waals surface area contributed by atoms with Crippen LogP contribution in [0.25, 0.3) is 11.0 Å². The van der Waals surface area contributed by atoms with E-state index in [0.717, 1.165) is 9.86 Å². The molecule has 1 amide bonds. The molecule has 112 valence electrons. The Labute approximate surface area is 130 Å². The minimum absolute atomic E-state index is 0.132. The van der Waals surface area contributed by atoms with Crippen molar-refractivity contribution in [2.75, 3.05) is 6.54 Å². The summed E-state index contributed by atoms with van der Waals surface area (Å²) >= 11 is 3.36. The number of amides is 1. The number of rotatable bonds is 4. The number of carboxylic acid groups (broad SMARTS) is 1. The smallest absolute Gasteiger partial charge is 0.329 e. The minimum Gasteiger partial charge on any atom is -0.480 e. The van der Waals surface area contributed by atoms with Gasteiger partial charge in [-0.1, -0.05) is 12.1 Å². The first-order chi connectivity index (χ1) is 9.78. The molecule has 1 N–H and O–H groups in total. The van der Waals surface area contributed by atoms with Crippen molar-refractivity contribution in [1.29, 1.82) is 0 Å². The highest BCUT2D eigenvalue weighted by Crippen LogP contribution is 2.28. The highest BCUT2D eigenvalue weighted by molar-refractivity contribution is 9.10. The fourth-order valence-electron chi connectivity index (χ4n) is 2.17. The Hall–Kier alpha value is -1.82. The fraction of sp³-hybridized carbons (Fsp3) is 0.333. The van der Waals surface area contributed by atoms with Crippen LogP contribution in [0.2, 0.25) is 0 Å². The Balaban J connectivity index is 2.45. The summed E-state index contributed by atoms with van der Waals surface area (Å²) in [5.41, 5.74) is -0.729. The van der Waals surface area contributed by atoms with Crippen LogP contribution in [0.3, 0.4) is 0 Å². The van der Waals surface area contributed by atoms with E-state index >= 15 is 0 Å². The Morgan fingerprint density at radius 1 is 1.38 bits per heavy atom. The Morgan fingerprint density at radius 2 is 2.05 bits per heavy atom. The zero-order valence-electron chi connectivity index (χ0n) is 12.0. The molecule has 0 saturated heterocycles. The maximum absolute atomic E-state index is 12.6. The van der Waals surface area contributed by atoms with E-state index in [1.807, 2.05) is 18.2 Å². The van der Waals surface area contributed by atoms with Gasteiger partial charge in [-0.15, -0.1) is 0 Å².